The third-order valence-electron chi connectivity index (χ3n) is 6.13. The van der Waals surface area contributed by atoms with Crippen LogP contribution < -0.4 is 10.1 Å². The van der Waals surface area contributed by atoms with Crippen LogP contribution in [0.1, 0.15) is 36.3 Å². The molecule has 1 aromatic heterocycles. The molecule has 1 fully saturated rings. The Kier molecular flexibility index (Phi) is 7.95. The first kappa shape index (κ1) is 25.3. The average molecular weight is 490 g/mol. The first-order valence-corrected chi connectivity index (χ1v) is 12.1. The van der Waals surface area contributed by atoms with E-state index in [9.17, 15) is 14.4 Å². The van der Waals surface area contributed by atoms with Crippen LogP contribution in [0.3, 0.4) is 0 Å². The number of methoxy groups -OCH3 is 1. The van der Waals surface area contributed by atoms with Gasteiger partial charge in [-0.25, -0.2) is 4.98 Å². The number of carbonyl (C=O) groups excluding carboxylic acids is 3. The fraction of sp³-hybridized carbons (Fsp3) is 0.357. The molecule has 4 rings (SSSR count). The van der Waals surface area contributed by atoms with Crippen molar-refractivity contribution in [3.05, 3.63) is 71.9 Å². The summed E-state index contributed by atoms with van der Waals surface area (Å²) in [5.41, 5.74) is 1.82. The van der Waals surface area contributed by atoms with E-state index in [4.69, 9.17) is 9.47 Å². The molecule has 1 N–H and O–H groups in total. The van der Waals surface area contributed by atoms with Gasteiger partial charge in [-0.2, -0.15) is 0 Å². The highest BCUT2D eigenvalue weighted by atomic mass is 16.5. The lowest BCUT2D eigenvalue weighted by atomic mass is 10.0. The Bertz CT molecular complexity index is 1260. The number of aromatic nitrogens is 1. The molecular weight excluding hydrogens is 458 g/mol. The van der Waals surface area contributed by atoms with Gasteiger partial charge in [-0.1, -0.05) is 50.2 Å². The van der Waals surface area contributed by atoms with Gasteiger partial charge in [-0.15, -0.1) is 0 Å². The monoisotopic (exact) mass is 489 g/mol. The van der Waals surface area contributed by atoms with Gasteiger partial charge >= 0.3 is 0 Å². The highest BCUT2D eigenvalue weighted by Crippen LogP contribution is 2.19. The summed E-state index contributed by atoms with van der Waals surface area (Å²) in [7, 11) is 1.59. The predicted molar refractivity (Wildman–Crippen MR) is 136 cm³/mol. The molecule has 0 bridgehead atoms. The number of ether oxygens (including phenoxy) is 2. The van der Waals surface area contributed by atoms with Gasteiger partial charge in [0.25, 0.3) is 5.91 Å². The number of hydrogen-bond donors (Lipinski definition) is 1. The molecule has 1 aliphatic rings. The maximum absolute atomic E-state index is 13.4. The Hall–Kier alpha value is -3.78. The Morgan fingerprint density at radius 3 is 2.69 bits per heavy atom. The summed E-state index contributed by atoms with van der Waals surface area (Å²) in [5.74, 6) is -0.00659. The van der Waals surface area contributed by atoms with Crippen LogP contribution in [-0.2, 0) is 20.9 Å². The van der Waals surface area contributed by atoms with Gasteiger partial charge in [0.15, 0.2) is 5.78 Å². The number of pyridine rings is 1. The number of fused-ring (bicyclic) bond motifs is 1. The van der Waals surface area contributed by atoms with Crippen molar-refractivity contribution in [1.29, 1.82) is 0 Å². The molecule has 1 saturated heterocycles. The second kappa shape index (κ2) is 11.3. The molecule has 36 heavy (non-hydrogen) atoms. The number of benzene rings is 2. The zero-order valence-corrected chi connectivity index (χ0v) is 20.8. The maximum atomic E-state index is 13.4. The zero-order valence-electron chi connectivity index (χ0n) is 20.8. The van der Waals surface area contributed by atoms with Crippen LogP contribution in [0.4, 0.5) is 0 Å². The fourth-order valence-electron chi connectivity index (χ4n) is 4.27. The minimum absolute atomic E-state index is 0.0414. The SMILES string of the molecule is COc1cccc(COC2CN(C(=O)[C@H](CC(C)C)NC(=O)c3ccc4ccccc4n3)CC2=O)c1. The Morgan fingerprint density at radius 2 is 1.92 bits per heavy atom. The van der Waals surface area contributed by atoms with Crippen molar-refractivity contribution in [1.82, 2.24) is 15.2 Å². The van der Waals surface area contributed by atoms with E-state index in [-0.39, 0.29) is 43.0 Å². The number of nitrogens with zero attached hydrogens (tertiary/aromatic N) is 2. The van der Waals surface area contributed by atoms with E-state index in [2.05, 4.69) is 10.3 Å². The highest BCUT2D eigenvalue weighted by molar-refractivity contribution is 5.99. The van der Waals surface area contributed by atoms with Gasteiger partial charge in [0.2, 0.25) is 5.91 Å². The predicted octanol–water partition coefficient (Wildman–Crippen LogP) is 3.38. The van der Waals surface area contributed by atoms with Crippen LogP contribution in [0.25, 0.3) is 10.9 Å². The smallest absolute Gasteiger partial charge is 0.270 e. The van der Waals surface area contributed by atoms with Gasteiger partial charge in [-0.05, 0) is 42.2 Å². The average Bonchev–Trinajstić information content (AvgIpc) is 3.26. The van der Waals surface area contributed by atoms with E-state index in [0.29, 0.717) is 17.7 Å². The standard InChI is InChI=1S/C28H31N3O5/c1-18(2)13-24(30-27(33)23-12-11-20-8-4-5-10-22(20)29-23)28(34)31-15-25(32)26(16-31)36-17-19-7-6-9-21(14-19)35-3/h4-12,14,18,24,26H,13,15-17H2,1-3H3,(H,30,33)/t24-,26?/m0/s1. The van der Waals surface area contributed by atoms with Crippen molar-refractivity contribution < 1.29 is 23.9 Å². The minimum Gasteiger partial charge on any atom is -0.497 e. The van der Waals surface area contributed by atoms with Crippen molar-refractivity contribution in [2.45, 2.75) is 39.0 Å². The maximum Gasteiger partial charge on any atom is 0.270 e. The van der Waals surface area contributed by atoms with Crippen LogP contribution in [-0.4, -0.2) is 59.8 Å². The largest absolute Gasteiger partial charge is 0.497 e. The Morgan fingerprint density at radius 1 is 1.11 bits per heavy atom. The lowest BCUT2D eigenvalue weighted by Gasteiger charge is -2.25. The van der Waals surface area contributed by atoms with E-state index < -0.39 is 18.1 Å². The normalized spacial score (nSPS) is 16.4. The summed E-state index contributed by atoms with van der Waals surface area (Å²) in [5, 5.41) is 3.78. The van der Waals surface area contributed by atoms with Crippen LogP contribution in [0, 0.1) is 5.92 Å². The third kappa shape index (κ3) is 6.07. The molecule has 2 atom stereocenters. The number of rotatable bonds is 9. The molecule has 1 unspecified atom stereocenters. The van der Waals surface area contributed by atoms with Gasteiger partial charge < -0.3 is 19.7 Å². The van der Waals surface area contributed by atoms with E-state index >= 15 is 0 Å². The molecule has 2 aromatic carbocycles. The highest BCUT2D eigenvalue weighted by Gasteiger charge is 2.37. The Labute approximate surface area is 210 Å². The summed E-state index contributed by atoms with van der Waals surface area (Å²) >= 11 is 0. The fourth-order valence-corrected chi connectivity index (χ4v) is 4.27. The molecule has 0 saturated carbocycles. The molecule has 0 radical (unpaired) electrons. The second-order valence-electron chi connectivity index (χ2n) is 9.38. The van der Waals surface area contributed by atoms with E-state index in [1.807, 2.05) is 68.4 Å². The minimum atomic E-state index is -0.768. The second-order valence-corrected chi connectivity index (χ2v) is 9.38. The lowest BCUT2D eigenvalue weighted by Crippen LogP contribution is -2.49. The third-order valence-corrected chi connectivity index (χ3v) is 6.13. The van der Waals surface area contributed by atoms with Crippen molar-refractivity contribution >= 4 is 28.5 Å². The number of carbonyl (C=O) groups is 3. The molecule has 2 amide bonds. The Balaban J connectivity index is 1.41. The summed E-state index contributed by atoms with van der Waals surface area (Å²) < 4.78 is 11.1. The number of para-hydroxylation sites is 1. The molecular formula is C28H31N3O5. The van der Waals surface area contributed by atoms with Crippen LogP contribution in [0.15, 0.2) is 60.7 Å². The molecule has 8 nitrogen and oxygen atoms in total. The first-order chi connectivity index (χ1) is 17.3. The van der Waals surface area contributed by atoms with Gasteiger partial charge in [0.05, 0.1) is 32.3 Å². The lowest BCUT2D eigenvalue weighted by molar-refractivity contribution is -0.133. The quantitative estimate of drug-likeness (QED) is 0.495. The van der Waals surface area contributed by atoms with Crippen molar-refractivity contribution in [2.75, 3.05) is 20.2 Å². The molecule has 8 heteroatoms. The molecule has 0 spiro atoms. The van der Waals surface area contributed by atoms with Crippen LogP contribution in [0.5, 0.6) is 5.75 Å². The summed E-state index contributed by atoms with van der Waals surface area (Å²) in [4.78, 5) is 44.9. The number of Topliss-reactive ketones (excluding diaryl/α,β-unsaturated/α-hetero) is 1. The summed E-state index contributed by atoms with van der Waals surface area (Å²) in [6, 6.07) is 17.7. The number of nitrogens with one attached hydrogen (secondary N) is 1. The van der Waals surface area contributed by atoms with E-state index in [0.717, 1.165) is 10.9 Å². The van der Waals surface area contributed by atoms with Gasteiger partial charge in [0, 0.05) is 5.39 Å². The molecule has 188 valence electrons. The summed E-state index contributed by atoms with van der Waals surface area (Å²) in [6.07, 6.45) is -0.268. The van der Waals surface area contributed by atoms with Crippen molar-refractivity contribution in [3.8, 4) is 5.75 Å². The van der Waals surface area contributed by atoms with E-state index in [1.165, 1.54) is 4.90 Å². The number of likely N-dealkylation sites (tertiary alicyclic amines) is 1. The first-order valence-electron chi connectivity index (χ1n) is 12.1. The summed E-state index contributed by atoms with van der Waals surface area (Å²) in [6.45, 7) is 4.31. The van der Waals surface area contributed by atoms with Gasteiger partial charge in [-0.3, -0.25) is 14.4 Å². The number of hydrogen-bond acceptors (Lipinski definition) is 6. The van der Waals surface area contributed by atoms with E-state index in [1.54, 1.807) is 13.2 Å². The number of ketones is 1. The molecule has 3 aromatic rings. The zero-order chi connectivity index (χ0) is 25.7. The van der Waals surface area contributed by atoms with Crippen LogP contribution in [0.2, 0.25) is 0 Å². The molecule has 2 heterocycles. The van der Waals surface area contributed by atoms with Crippen LogP contribution >= 0.6 is 0 Å². The van der Waals surface area contributed by atoms with Crippen molar-refractivity contribution in [3.63, 3.8) is 0 Å². The molecule has 0 aliphatic carbocycles. The molecule has 1 aliphatic heterocycles. The topological polar surface area (TPSA) is 97.8 Å². The van der Waals surface area contributed by atoms with Gasteiger partial charge in [0.1, 0.15) is 23.6 Å². The van der Waals surface area contributed by atoms with Crippen molar-refractivity contribution in [2.24, 2.45) is 5.92 Å². The number of amides is 2.